The van der Waals surface area contributed by atoms with E-state index in [0.29, 0.717) is 0 Å². The van der Waals surface area contributed by atoms with Crippen molar-refractivity contribution in [1.29, 1.82) is 0 Å². The summed E-state index contributed by atoms with van der Waals surface area (Å²) in [5.41, 5.74) is 0. The van der Waals surface area contributed by atoms with E-state index in [1.165, 1.54) is 10.6 Å². The quantitative estimate of drug-likeness (QED) is 0.202. The summed E-state index contributed by atoms with van der Waals surface area (Å²) in [6.07, 6.45) is -8.82. The van der Waals surface area contributed by atoms with Gasteiger partial charge in [-0.05, 0) is 32.1 Å². The minimum atomic E-state index is -5.56. The van der Waals surface area contributed by atoms with E-state index in [-0.39, 0.29) is 37.2 Å². The Kier molecular flexibility index (Phi) is 10.0. The first-order chi connectivity index (χ1) is 11.0. The van der Waals surface area contributed by atoms with Crippen LogP contribution in [0, 0.1) is 6.17 Å². The Hall–Kier alpha value is -0.810. The molecule has 142 valence electrons. The molecule has 0 saturated heterocycles. The second kappa shape index (κ2) is 10.4. The minimum Gasteiger partial charge on any atom is -0.441 e. The molecule has 0 aliphatic carbocycles. The zero-order valence-electron chi connectivity index (χ0n) is 13.3. The molecule has 0 unspecified atom stereocenters. The van der Waals surface area contributed by atoms with E-state index < -0.39 is 18.3 Å². The summed E-state index contributed by atoms with van der Waals surface area (Å²) >= 11 is 0. The van der Waals surface area contributed by atoms with Crippen molar-refractivity contribution >= 4 is 18.5 Å². The van der Waals surface area contributed by atoms with Crippen LogP contribution >= 0.6 is 7.92 Å². The fraction of sp³-hybridized carbons (Fsp3) is 0.235. The van der Waals surface area contributed by atoms with Gasteiger partial charge >= 0.3 is 28.6 Å². The first-order valence-corrected chi connectivity index (χ1v) is 8.64. The van der Waals surface area contributed by atoms with Gasteiger partial charge in [0.15, 0.2) is 5.92 Å². The van der Waals surface area contributed by atoms with Gasteiger partial charge in [0.05, 0.1) is 0 Å². The molecule has 0 fully saturated rings. The maximum absolute atomic E-state index is 11.5. The SMILES string of the molecule is CC(F)(F)[C-](F)C(F)(F)F.CP(c1ccccc1)c1ccccc1.[Au+]. The largest absolute Gasteiger partial charge is 1.00 e. The van der Waals surface area contributed by atoms with E-state index in [1.807, 2.05) is 0 Å². The number of rotatable bonds is 3. The van der Waals surface area contributed by atoms with Crippen LogP contribution in [0.1, 0.15) is 6.92 Å². The van der Waals surface area contributed by atoms with Crippen molar-refractivity contribution in [1.82, 2.24) is 0 Å². The van der Waals surface area contributed by atoms with Gasteiger partial charge in [0.1, 0.15) is 0 Å². The molecule has 8 heteroatoms. The van der Waals surface area contributed by atoms with Gasteiger partial charge < -0.3 is 4.39 Å². The Bertz CT molecular complexity index is 545. The molecule has 0 atom stereocenters. The second-order valence-corrected chi connectivity index (χ2v) is 7.08. The summed E-state index contributed by atoms with van der Waals surface area (Å²) in [7, 11) is -0.171. The molecule has 2 aromatic carbocycles. The van der Waals surface area contributed by atoms with Gasteiger partial charge in [-0.3, -0.25) is 0 Å². The molecule has 0 bridgehead atoms. The fourth-order valence-corrected chi connectivity index (χ4v) is 3.24. The van der Waals surface area contributed by atoms with E-state index in [1.54, 1.807) is 0 Å². The normalized spacial score (nSPS) is 11.6. The molecule has 0 radical (unpaired) electrons. The molecule has 0 aliphatic heterocycles. The summed E-state index contributed by atoms with van der Waals surface area (Å²) in [5, 5.41) is 2.88. The molecule has 2 rings (SSSR count). The van der Waals surface area contributed by atoms with E-state index in [4.69, 9.17) is 0 Å². The maximum Gasteiger partial charge on any atom is 1.00 e. The summed E-state index contributed by atoms with van der Waals surface area (Å²) < 4.78 is 67.6. The van der Waals surface area contributed by atoms with Gasteiger partial charge in [0.2, 0.25) is 0 Å². The standard InChI is InChI=1S/C13H13P.C4H3F6.Au/c1-14(12-8-4-2-5-9-12)13-10-6-3-7-11-13;1-3(6,7)2(5)4(8,9)10;/h2-11H,1H3;1H3;/q;-1;+1. The van der Waals surface area contributed by atoms with Crippen LogP contribution in [0.25, 0.3) is 0 Å². The Labute approximate surface area is 159 Å². The monoisotopic (exact) mass is 562 g/mol. The molecule has 0 heterocycles. The molecule has 0 N–H and O–H groups in total. The molecule has 2 aromatic rings. The van der Waals surface area contributed by atoms with Crippen LogP contribution in [0.5, 0.6) is 0 Å². The van der Waals surface area contributed by atoms with Crippen molar-refractivity contribution < 1.29 is 48.7 Å². The van der Waals surface area contributed by atoms with E-state index in [2.05, 4.69) is 67.3 Å². The van der Waals surface area contributed by atoms with Gasteiger partial charge in [-0.1, -0.05) is 60.7 Å². The van der Waals surface area contributed by atoms with Crippen LogP contribution in [0.3, 0.4) is 0 Å². The summed E-state index contributed by atoms with van der Waals surface area (Å²) in [5.74, 6) is -4.43. The predicted molar refractivity (Wildman–Crippen MR) is 86.0 cm³/mol. The fourth-order valence-electron chi connectivity index (χ4n) is 1.70. The van der Waals surface area contributed by atoms with Crippen molar-refractivity contribution in [3.05, 3.63) is 66.8 Å². The van der Waals surface area contributed by atoms with Crippen LogP contribution in [0.4, 0.5) is 26.3 Å². The average molecular weight is 562 g/mol. The first kappa shape index (κ1) is 24.2. The summed E-state index contributed by atoms with van der Waals surface area (Å²) in [6, 6.07) is 21.4. The minimum absolute atomic E-state index is 0. The van der Waals surface area contributed by atoms with Crippen molar-refractivity contribution in [2.24, 2.45) is 0 Å². The molecule has 0 spiro atoms. The zero-order valence-corrected chi connectivity index (χ0v) is 16.4. The zero-order chi connectivity index (χ0) is 18.4. The van der Waals surface area contributed by atoms with Gasteiger partial charge in [-0.15, -0.1) is 0 Å². The van der Waals surface area contributed by atoms with Gasteiger partial charge in [-0.25, -0.2) is 22.0 Å². The number of halogens is 6. The summed E-state index contributed by atoms with van der Waals surface area (Å²) in [6.45, 7) is 2.15. The topological polar surface area (TPSA) is 0 Å². The molecule has 0 aliphatic rings. The van der Waals surface area contributed by atoms with Crippen LogP contribution in [-0.4, -0.2) is 18.8 Å². The Morgan fingerprint density at radius 2 is 1.08 bits per heavy atom. The number of hydrogen-bond donors (Lipinski definition) is 0. The number of alkyl halides is 5. The van der Waals surface area contributed by atoms with E-state index >= 15 is 0 Å². The van der Waals surface area contributed by atoms with Crippen molar-refractivity contribution in [2.45, 2.75) is 19.0 Å². The Balaban J connectivity index is 0.000000471. The van der Waals surface area contributed by atoms with Crippen LogP contribution in [-0.2, 0) is 22.4 Å². The number of hydrogen-bond acceptors (Lipinski definition) is 0. The van der Waals surface area contributed by atoms with Crippen LogP contribution < -0.4 is 10.6 Å². The Morgan fingerprint density at radius 1 is 0.760 bits per heavy atom. The van der Waals surface area contributed by atoms with Crippen LogP contribution in [0.15, 0.2) is 60.7 Å². The van der Waals surface area contributed by atoms with E-state index in [0.717, 1.165) is 0 Å². The molecule has 25 heavy (non-hydrogen) atoms. The molecule has 0 aromatic heterocycles. The third-order valence-corrected chi connectivity index (χ3v) is 5.07. The first-order valence-electron chi connectivity index (χ1n) is 6.85. The predicted octanol–water partition coefficient (Wildman–Crippen LogP) is 5.45. The molecular formula is C17H16AuF6P. The van der Waals surface area contributed by atoms with E-state index in [9.17, 15) is 26.3 Å². The van der Waals surface area contributed by atoms with Crippen molar-refractivity contribution in [2.75, 3.05) is 6.66 Å². The van der Waals surface area contributed by atoms with Crippen molar-refractivity contribution in [3.8, 4) is 0 Å². The third-order valence-electron chi connectivity index (χ3n) is 2.92. The summed E-state index contributed by atoms with van der Waals surface area (Å²) in [4.78, 5) is 0. The second-order valence-electron chi connectivity index (χ2n) is 4.93. The van der Waals surface area contributed by atoms with Crippen molar-refractivity contribution in [3.63, 3.8) is 0 Å². The third kappa shape index (κ3) is 8.41. The molecule has 0 nitrogen and oxygen atoms in total. The van der Waals surface area contributed by atoms with Crippen LogP contribution in [0.2, 0.25) is 0 Å². The Morgan fingerprint density at radius 3 is 1.28 bits per heavy atom. The molecule has 0 amide bonds. The van der Waals surface area contributed by atoms with Gasteiger partial charge in [0.25, 0.3) is 0 Å². The van der Waals surface area contributed by atoms with Gasteiger partial charge in [0, 0.05) is 6.17 Å². The van der Waals surface area contributed by atoms with Gasteiger partial charge in [-0.2, -0.15) is 0 Å². The molecular weight excluding hydrogens is 546 g/mol. The average Bonchev–Trinajstić information content (AvgIpc) is 2.54. The molecule has 0 saturated carbocycles. The number of benzene rings is 2. The maximum atomic E-state index is 11.5. The smallest absolute Gasteiger partial charge is 0.441 e.